The Morgan fingerprint density at radius 1 is 1.00 bits per heavy atom. The highest BCUT2D eigenvalue weighted by Gasteiger charge is 2.13. The zero-order valence-electron chi connectivity index (χ0n) is 8.70. The zero-order chi connectivity index (χ0) is 12.4. The molecular formula is C13H9Br2ClO. The minimum absolute atomic E-state index is 0.658. The maximum absolute atomic E-state index is 10.3. The number of aliphatic hydroxyl groups is 1. The molecule has 88 valence electrons. The number of hydrogen-bond acceptors (Lipinski definition) is 1. The van der Waals surface area contributed by atoms with Gasteiger partial charge in [-0.2, -0.15) is 0 Å². The van der Waals surface area contributed by atoms with Gasteiger partial charge in [0.15, 0.2) is 0 Å². The molecule has 1 nitrogen and oxygen atoms in total. The van der Waals surface area contributed by atoms with E-state index in [2.05, 4.69) is 31.9 Å². The summed E-state index contributed by atoms with van der Waals surface area (Å²) in [6.07, 6.45) is -0.658. The number of benzene rings is 2. The van der Waals surface area contributed by atoms with Crippen molar-refractivity contribution in [2.24, 2.45) is 0 Å². The van der Waals surface area contributed by atoms with E-state index in [9.17, 15) is 5.11 Å². The maximum Gasteiger partial charge on any atom is 0.105 e. The van der Waals surface area contributed by atoms with Crippen molar-refractivity contribution >= 4 is 43.5 Å². The van der Waals surface area contributed by atoms with Crippen LogP contribution >= 0.6 is 43.5 Å². The van der Waals surface area contributed by atoms with E-state index in [0.717, 1.165) is 20.1 Å². The fraction of sp³-hybridized carbons (Fsp3) is 0.0769. The number of aliphatic hydroxyl groups excluding tert-OH is 1. The molecule has 1 N–H and O–H groups in total. The van der Waals surface area contributed by atoms with Gasteiger partial charge in [-0.05, 0) is 35.4 Å². The Hall–Kier alpha value is -0.350. The fourth-order valence-corrected chi connectivity index (χ4v) is 2.94. The largest absolute Gasteiger partial charge is 0.384 e. The molecule has 1 unspecified atom stereocenters. The first-order valence-electron chi connectivity index (χ1n) is 4.96. The van der Waals surface area contributed by atoms with Gasteiger partial charge in [-0.15, -0.1) is 0 Å². The molecular weight excluding hydrogens is 367 g/mol. The van der Waals surface area contributed by atoms with Crippen LogP contribution in [0.5, 0.6) is 0 Å². The van der Waals surface area contributed by atoms with Crippen LogP contribution in [0.2, 0.25) is 5.02 Å². The molecule has 0 spiro atoms. The van der Waals surface area contributed by atoms with Gasteiger partial charge in [0.1, 0.15) is 6.10 Å². The number of rotatable bonds is 2. The van der Waals surface area contributed by atoms with Crippen LogP contribution < -0.4 is 0 Å². The Labute approximate surface area is 122 Å². The maximum atomic E-state index is 10.3. The Morgan fingerprint density at radius 3 is 2.24 bits per heavy atom. The van der Waals surface area contributed by atoms with Gasteiger partial charge in [0, 0.05) is 14.0 Å². The summed E-state index contributed by atoms with van der Waals surface area (Å²) in [7, 11) is 0. The first kappa shape index (κ1) is 13.1. The van der Waals surface area contributed by atoms with Crippen LogP contribution in [0.25, 0.3) is 0 Å². The van der Waals surface area contributed by atoms with Crippen LogP contribution in [-0.2, 0) is 0 Å². The van der Waals surface area contributed by atoms with E-state index in [1.165, 1.54) is 0 Å². The molecule has 0 fully saturated rings. The summed E-state index contributed by atoms with van der Waals surface area (Å²) in [6.45, 7) is 0. The molecule has 4 heteroatoms. The third-order valence-corrected chi connectivity index (χ3v) is 3.87. The molecule has 0 radical (unpaired) electrons. The Morgan fingerprint density at radius 2 is 1.65 bits per heavy atom. The molecule has 0 aromatic heterocycles. The number of hydrogen-bond donors (Lipinski definition) is 1. The van der Waals surface area contributed by atoms with Crippen LogP contribution in [0.15, 0.2) is 51.4 Å². The minimum Gasteiger partial charge on any atom is -0.384 e. The van der Waals surface area contributed by atoms with E-state index in [1.807, 2.05) is 30.3 Å². The lowest BCUT2D eigenvalue weighted by Crippen LogP contribution is -2.00. The van der Waals surface area contributed by atoms with E-state index < -0.39 is 6.10 Å². The fourth-order valence-electron chi connectivity index (χ4n) is 1.55. The van der Waals surface area contributed by atoms with Crippen molar-refractivity contribution in [1.29, 1.82) is 0 Å². The average molecular weight is 376 g/mol. The van der Waals surface area contributed by atoms with Crippen molar-refractivity contribution in [3.63, 3.8) is 0 Å². The van der Waals surface area contributed by atoms with Gasteiger partial charge in [-0.3, -0.25) is 0 Å². The smallest absolute Gasteiger partial charge is 0.105 e. The minimum atomic E-state index is -0.658. The van der Waals surface area contributed by atoms with Crippen LogP contribution in [0.1, 0.15) is 17.2 Å². The monoisotopic (exact) mass is 374 g/mol. The average Bonchev–Trinajstić information content (AvgIpc) is 2.29. The Bertz CT molecular complexity index is 525. The zero-order valence-corrected chi connectivity index (χ0v) is 12.6. The SMILES string of the molecule is OC(c1ccc(Cl)cc1)c1ccc(Br)cc1Br. The van der Waals surface area contributed by atoms with Gasteiger partial charge in [0.05, 0.1) is 0 Å². The molecule has 0 saturated heterocycles. The molecule has 0 bridgehead atoms. The molecule has 0 aliphatic heterocycles. The summed E-state index contributed by atoms with van der Waals surface area (Å²) in [5, 5.41) is 10.9. The topological polar surface area (TPSA) is 20.2 Å². The second-order valence-electron chi connectivity index (χ2n) is 3.62. The van der Waals surface area contributed by atoms with Crippen LogP contribution in [0.3, 0.4) is 0 Å². The third-order valence-electron chi connectivity index (χ3n) is 2.44. The summed E-state index contributed by atoms with van der Waals surface area (Å²) in [6, 6.07) is 12.9. The summed E-state index contributed by atoms with van der Waals surface area (Å²) >= 11 is 12.6. The van der Waals surface area contributed by atoms with E-state index in [4.69, 9.17) is 11.6 Å². The first-order chi connectivity index (χ1) is 8.08. The highest BCUT2D eigenvalue weighted by atomic mass is 79.9. The molecule has 17 heavy (non-hydrogen) atoms. The van der Waals surface area contributed by atoms with Crippen molar-refractivity contribution in [3.05, 3.63) is 67.6 Å². The van der Waals surface area contributed by atoms with Crippen molar-refractivity contribution in [1.82, 2.24) is 0 Å². The first-order valence-corrected chi connectivity index (χ1v) is 6.93. The standard InChI is InChI=1S/C13H9Br2ClO/c14-9-3-6-11(12(15)7-9)13(17)8-1-4-10(16)5-2-8/h1-7,13,17H. The molecule has 0 amide bonds. The molecule has 0 saturated carbocycles. The summed E-state index contributed by atoms with van der Waals surface area (Å²) in [4.78, 5) is 0. The predicted octanol–water partition coefficient (Wildman–Crippen LogP) is 4.95. The molecule has 1 atom stereocenters. The van der Waals surface area contributed by atoms with Crippen molar-refractivity contribution in [3.8, 4) is 0 Å². The highest BCUT2D eigenvalue weighted by Crippen LogP contribution is 2.31. The van der Waals surface area contributed by atoms with Crippen LogP contribution in [0, 0.1) is 0 Å². The normalized spacial score (nSPS) is 12.5. The van der Waals surface area contributed by atoms with E-state index >= 15 is 0 Å². The van der Waals surface area contributed by atoms with E-state index in [0.29, 0.717) is 5.02 Å². The van der Waals surface area contributed by atoms with Crippen LogP contribution in [-0.4, -0.2) is 5.11 Å². The highest BCUT2D eigenvalue weighted by molar-refractivity contribution is 9.11. The molecule has 0 aliphatic rings. The van der Waals surface area contributed by atoms with Crippen molar-refractivity contribution in [2.45, 2.75) is 6.10 Å². The second-order valence-corrected chi connectivity index (χ2v) is 5.83. The van der Waals surface area contributed by atoms with Gasteiger partial charge in [-0.25, -0.2) is 0 Å². The molecule has 0 aliphatic carbocycles. The van der Waals surface area contributed by atoms with Crippen molar-refractivity contribution in [2.75, 3.05) is 0 Å². The van der Waals surface area contributed by atoms with E-state index in [1.54, 1.807) is 12.1 Å². The van der Waals surface area contributed by atoms with Gasteiger partial charge in [0.25, 0.3) is 0 Å². The predicted molar refractivity (Wildman–Crippen MR) is 77.4 cm³/mol. The second kappa shape index (κ2) is 5.53. The van der Waals surface area contributed by atoms with Crippen molar-refractivity contribution < 1.29 is 5.11 Å². The van der Waals surface area contributed by atoms with Gasteiger partial charge in [-0.1, -0.05) is 61.7 Å². The molecule has 2 aromatic rings. The van der Waals surface area contributed by atoms with Gasteiger partial charge in [0.2, 0.25) is 0 Å². The lowest BCUT2D eigenvalue weighted by atomic mass is 10.0. The Balaban J connectivity index is 2.36. The molecule has 2 rings (SSSR count). The quantitative estimate of drug-likeness (QED) is 0.787. The molecule has 2 aromatic carbocycles. The summed E-state index contributed by atoms with van der Waals surface area (Å²) in [5.41, 5.74) is 1.65. The number of halogens is 3. The molecule has 0 heterocycles. The van der Waals surface area contributed by atoms with Gasteiger partial charge >= 0.3 is 0 Å². The lowest BCUT2D eigenvalue weighted by molar-refractivity contribution is 0.219. The summed E-state index contributed by atoms with van der Waals surface area (Å²) < 4.78 is 1.84. The van der Waals surface area contributed by atoms with Gasteiger partial charge < -0.3 is 5.11 Å². The Kier molecular flexibility index (Phi) is 4.26. The van der Waals surface area contributed by atoms with E-state index in [-0.39, 0.29) is 0 Å². The third kappa shape index (κ3) is 3.10. The van der Waals surface area contributed by atoms with Crippen LogP contribution in [0.4, 0.5) is 0 Å². The lowest BCUT2D eigenvalue weighted by Gasteiger charge is -2.13. The summed E-state index contributed by atoms with van der Waals surface area (Å²) in [5.74, 6) is 0.